The first kappa shape index (κ1) is 14.1. The highest BCUT2D eigenvalue weighted by Gasteiger charge is 2.03. The van der Waals surface area contributed by atoms with Crippen molar-refractivity contribution < 1.29 is 4.74 Å². The average molecular weight is 324 g/mol. The largest absolute Gasteiger partial charge is 0.490 e. The van der Waals surface area contributed by atoms with Crippen LogP contribution in [0.25, 0.3) is 0 Å². The molecule has 1 aromatic carbocycles. The third kappa shape index (κ3) is 4.36. The standard InChI is InChI=1S/C14H18BrN3O/c1-2-16-11-12-4-5-14(13(15)10-12)19-9-8-18-7-3-6-17-18/h3-7,10,16H,2,8-9,11H2,1H3. The van der Waals surface area contributed by atoms with E-state index in [4.69, 9.17) is 4.74 Å². The fourth-order valence-electron chi connectivity index (χ4n) is 1.72. The zero-order chi connectivity index (χ0) is 13.5. The second-order valence-electron chi connectivity index (χ2n) is 4.16. The third-order valence-corrected chi connectivity index (χ3v) is 3.33. The van der Waals surface area contributed by atoms with Gasteiger partial charge in [-0.25, -0.2) is 0 Å². The summed E-state index contributed by atoms with van der Waals surface area (Å²) in [5.74, 6) is 0.868. The fraction of sp³-hybridized carbons (Fsp3) is 0.357. The summed E-state index contributed by atoms with van der Waals surface area (Å²) in [5.41, 5.74) is 1.24. The van der Waals surface area contributed by atoms with Crippen LogP contribution in [0.2, 0.25) is 0 Å². The van der Waals surface area contributed by atoms with Gasteiger partial charge in [0.15, 0.2) is 0 Å². The molecule has 0 aliphatic rings. The van der Waals surface area contributed by atoms with E-state index < -0.39 is 0 Å². The van der Waals surface area contributed by atoms with Crippen LogP contribution >= 0.6 is 15.9 Å². The molecule has 0 radical (unpaired) electrons. The predicted octanol–water partition coefficient (Wildman–Crippen LogP) is 2.83. The summed E-state index contributed by atoms with van der Waals surface area (Å²) >= 11 is 3.54. The summed E-state index contributed by atoms with van der Waals surface area (Å²) in [4.78, 5) is 0. The molecule has 0 aliphatic heterocycles. The van der Waals surface area contributed by atoms with Gasteiger partial charge in [0.2, 0.25) is 0 Å². The van der Waals surface area contributed by atoms with E-state index in [1.165, 1.54) is 5.56 Å². The van der Waals surface area contributed by atoms with Crippen molar-refractivity contribution >= 4 is 15.9 Å². The van der Waals surface area contributed by atoms with E-state index in [1.54, 1.807) is 6.20 Å². The van der Waals surface area contributed by atoms with Crippen LogP contribution in [0, 0.1) is 0 Å². The number of benzene rings is 1. The van der Waals surface area contributed by atoms with Crippen LogP contribution < -0.4 is 10.1 Å². The lowest BCUT2D eigenvalue weighted by Gasteiger charge is -2.10. The van der Waals surface area contributed by atoms with Gasteiger partial charge in [-0.2, -0.15) is 5.10 Å². The van der Waals surface area contributed by atoms with Gasteiger partial charge in [-0.1, -0.05) is 13.0 Å². The maximum absolute atomic E-state index is 5.74. The summed E-state index contributed by atoms with van der Waals surface area (Å²) in [6, 6.07) is 8.08. The fourth-order valence-corrected chi connectivity index (χ4v) is 2.26. The maximum atomic E-state index is 5.74. The minimum atomic E-state index is 0.604. The normalized spacial score (nSPS) is 10.6. The number of nitrogens with one attached hydrogen (secondary N) is 1. The predicted molar refractivity (Wildman–Crippen MR) is 79.2 cm³/mol. The highest BCUT2D eigenvalue weighted by Crippen LogP contribution is 2.26. The Morgan fingerprint density at radius 2 is 2.32 bits per heavy atom. The molecule has 0 aliphatic carbocycles. The minimum Gasteiger partial charge on any atom is -0.490 e. The molecule has 0 saturated carbocycles. The molecule has 0 spiro atoms. The molecule has 0 amide bonds. The molecule has 1 heterocycles. The Labute approximate surface area is 121 Å². The van der Waals surface area contributed by atoms with Gasteiger partial charge in [0.05, 0.1) is 11.0 Å². The van der Waals surface area contributed by atoms with Crippen LogP contribution in [-0.2, 0) is 13.1 Å². The van der Waals surface area contributed by atoms with Gasteiger partial charge in [-0.05, 0) is 46.2 Å². The van der Waals surface area contributed by atoms with Gasteiger partial charge in [-0.3, -0.25) is 4.68 Å². The van der Waals surface area contributed by atoms with Crippen LogP contribution in [0.4, 0.5) is 0 Å². The molecule has 2 aromatic rings. The van der Waals surface area contributed by atoms with Crippen LogP contribution in [-0.4, -0.2) is 22.9 Å². The van der Waals surface area contributed by atoms with Gasteiger partial charge >= 0.3 is 0 Å². The Morgan fingerprint density at radius 1 is 1.42 bits per heavy atom. The monoisotopic (exact) mass is 323 g/mol. The first-order valence-corrected chi connectivity index (χ1v) is 7.18. The smallest absolute Gasteiger partial charge is 0.133 e. The van der Waals surface area contributed by atoms with Crippen molar-refractivity contribution in [3.63, 3.8) is 0 Å². The Kier molecular flexibility index (Phi) is 5.42. The van der Waals surface area contributed by atoms with Crippen molar-refractivity contribution in [1.29, 1.82) is 0 Å². The molecular weight excluding hydrogens is 306 g/mol. The first-order chi connectivity index (χ1) is 9.29. The lowest BCUT2D eigenvalue weighted by atomic mass is 10.2. The summed E-state index contributed by atoms with van der Waals surface area (Å²) in [6.45, 7) is 5.30. The second-order valence-corrected chi connectivity index (χ2v) is 5.02. The van der Waals surface area contributed by atoms with Crippen LogP contribution in [0.1, 0.15) is 12.5 Å². The van der Waals surface area contributed by atoms with E-state index in [2.05, 4.69) is 45.4 Å². The number of nitrogens with zero attached hydrogens (tertiary/aromatic N) is 2. The van der Waals surface area contributed by atoms with Crippen molar-refractivity contribution in [3.05, 3.63) is 46.7 Å². The number of hydrogen-bond donors (Lipinski definition) is 1. The number of ether oxygens (including phenoxy) is 1. The van der Waals surface area contributed by atoms with Crippen molar-refractivity contribution in [1.82, 2.24) is 15.1 Å². The molecule has 0 bridgehead atoms. The molecule has 5 heteroatoms. The summed E-state index contributed by atoms with van der Waals surface area (Å²) in [5, 5.41) is 7.43. The van der Waals surface area contributed by atoms with E-state index in [0.717, 1.165) is 29.9 Å². The number of hydrogen-bond acceptors (Lipinski definition) is 3. The summed E-state index contributed by atoms with van der Waals surface area (Å²) < 4.78 is 8.59. The Hall–Kier alpha value is -1.33. The molecule has 0 atom stereocenters. The molecule has 1 N–H and O–H groups in total. The second kappa shape index (κ2) is 7.31. The van der Waals surface area contributed by atoms with Crippen molar-refractivity contribution in [3.8, 4) is 5.75 Å². The highest BCUT2D eigenvalue weighted by molar-refractivity contribution is 9.10. The topological polar surface area (TPSA) is 39.1 Å². The van der Waals surface area contributed by atoms with E-state index in [0.29, 0.717) is 6.61 Å². The molecule has 0 fully saturated rings. The summed E-state index contributed by atoms with van der Waals surface area (Å²) in [7, 11) is 0. The van der Waals surface area contributed by atoms with E-state index in [1.807, 2.05) is 23.0 Å². The summed E-state index contributed by atoms with van der Waals surface area (Å²) in [6.07, 6.45) is 3.70. The molecule has 2 rings (SSSR count). The number of aromatic nitrogens is 2. The van der Waals surface area contributed by atoms with Gasteiger partial charge in [-0.15, -0.1) is 0 Å². The molecule has 0 saturated heterocycles. The molecular formula is C14H18BrN3O. The number of rotatable bonds is 7. The Bertz CT molecular complexity index is 499. The van der Waals surface area contributed by atoms with E-state index in [9.17, 15) is 0 Å². The Balaban J connectivity index is 1.86. The van der Waals surface area contributed by atoms with Gasteiger partial charge in [0, 0.05) is 18.9 Å². The average Bonchev–Trinajstić information content (AvgIpc) is 2.92. The maximum Gasteiger partial charge on any atom is 0.133 e. The van der Waals surface area contributed by atoms with Crippen LogP contribution in [0.5, 0.6) is 5.75 Å². The van der Waals surface area contributed by atoms with Gasteiger partial charge in [0.1, 0.15) is 12.4 Å². The molecule has 0 unspecified atom stereocenters. The molecule has 1 aromatic heterocycles. The zero-order valence-electron chi connectivity index (χ0n) is 11.0. The zero-order valence-corrected chi connectivity index (χ0v) is 12.6. The van der Waals surface area contributed by atoms with E-state index >= 15 is 0 Å². The van der Waals surface area contributed by atoms with Gasteiger partial charge < -0.3 is 10.1 Å². The first-order valence-electron chi connectivity index (χ1n) is 6.39. The van der Waals surface area contributed by atoms with E-state index in [-0.39, 0.29) is 0 Å². The Morgan fingerprint density at radius 3 is 3.00 bits per heavy atom. The van der Waals surface area contributed by atoms with Crippen LogP contribution in [0.3, 0.4) is 0 Å². The third-order valence-electron chi connectivity index (χ3n) is 2.71. The lowest BCUT2D eigenvalue weighted by molar-refractivity contribution is 0.289. The van der Waals surface area contributed by atoms with Crippen LogP contribution in [0.15, 0.2) is 41.1 Å². The molecule has 19 heavy (non-hydrogen) atoms. The number of halogens is 1. The van der Waals surface area contributed by atoms with Crippen molar-refractivity contribution in [2.45, 2.75) is 20.0 Å². The SMILES string of the molecule is CCNCc1ccc(OCCn2cccn2)c(Br)c1. The highest BCUT2D eigenvalue weighted by atomic mass is 79.9. The quantitative estimate of drug-likeness (QED) is 0.851. The minimum absolute atomic E-state index is 0.604. The van der Waals surface area contributed by atoms with Gasteiger partial charge in [0.25, 0.3) is 0 Å². The van der Waals surface area contributed by atoms with Crippen molar-refractivity contribution in [2.24, 2.45) is 0 Å². The van der Waals surface area contributed by atoms with Crippen molar-refractivity contribution in [2.75, 3.05) is 13.2 Å². The molecule has 102 valence electrons. The molecule has 4 nitrogen and oxygen atoms in total. The lowest BCUT2D eigenvalue weighted by Crippen LogP contribution is -2.12.